The molecule has 15 heavy (non-hydrogen) atoms. The van der Waals surface area contributed by atoms with Gasteiger partial charge in [-0.2, -0.15) is 0 Å². The van der Waals surface area contributed by atoms with Crippen molar-refractivity contribution in [1.82, 2.24) is 15.0 Å². The number of aromatic nitrogens is 3. The molecule has 0 saturated carbocycles. The molecule has 0 spiro atoms. The first kappa shape index (κ1) is 11.4. The van der Waals surface area contributed by atoms with Crippen molar-refractivity contribution in [2.75, 3.05) is 11.4 Å². The molecule has 0 fully saturated rings. The molecule has 1 aromatic heterocycles. The summed E-state index contributed by atoms with van der Waals surface area (Å²) in [6, 6.07) is 0. The maximum Gasteiger partial charge on any atom is 0.414 e. The lowest BCUT2D eigenvalue weighted by atomic mass is 10.2. The molecular weight excluding hydrogens is 196 g/mol. The van der Waals surface area contributed by atoms with Gasteiger partial charge in [-0.1, -0.05) is 19.8 Å². The highest BCUT2D eigenvalue weighted by molar-refractivity contribution is 5.83. The van der Waals surface area contributed by atoms with Crippen molar-refractivity contribution in [1.29, 1.82) is 0 Å². The summed E-state index contributed by atoms with van der Waals surface area (Å²) >= 11 is 0. The minimum Gasteiger partial charge on any atom is -0.465 e. The third-order valence-corrected chi connectivity index (χ3v) is 1.94. The normalized spacial score (nSPS) is 9.93. The lowest BCUT2D eigenvalue weighted by Crippen LogP contribution is -2.31. The van der Waals surface area contributed by atoms with Gasteiger partial charge in [0.25, 0.3) is 0 Å². The van der Waals surface area contributed by atoms with E-state index in [4.69, 9.17) is 5.11 Å². The highest BCUT2D eigenvalue weighted by atomic mass is 16.4. The molecule has 0 saturated heterocycles. The fraction of sp³-hybridized carbons (Fsp3) is 0.556. The first-order valence-corrected chi connectivity index (χ1v) is 4.88. The number of unbranched alkanes of at least 4 members (excludes halogenated alkanes) is 2. The molecule has 0 aliphatic carbocycles. The van der Waals surface area contributed by atoms with Gasteiger partial charge in [0.1, 0.15) is 12.7 Å². The van der Waals surface area contributed by atoms with E-state index in [0.717, 1.165) is 24.2 Å². The molecule has 0 aliphatic rings. The summed E-state index contributed by atoms with van der Waals surface area (Å²) in [5.74, 6) is 0.189. The minimum absolute atomic E-state index is 0.189. The highest BCUT2D eigenvalue weighted by Crippen LogP contribution is 2.07. The van der Waals surface area contributed by atoms with Crippen LogP contribution in [0.3, 0.4) is 0 Å². The van der Waals surface area contributed by atoms with Crippen LogP contribution in [-0.2, 0) is 0 Å². The molecule has 0 aromatic carbocycles. The van der Waals surface area contributed by atoms with Gasteiger partial charge in [-0.3, -0.25) is 0 Å². The summed E-state index contributed by atoms with van der Waals surface area (Å²) in [5, 5.41) is 8.95. The number of carboxylic acid groups (broad SMARTS) is 1. The van der Waals surface area contributed by atoms with Crippen LogP contribution in [0.2, 0.25) is 0 Å². The van der Waals surface area contributed by atoms with Gasteiger partial charge in [-0.15, -0.1) is 0 Å². The number of amides is 1. The summed E-state index contributed by atoms with van der Waals surface area (Å²) in [5.41, 5.74) is 0. The molecule has 6 nitrogen and oxygen atoms in total. The number of carbonyl (C=O) groups is 1. The Labute approximate surface area is 88.0 Å². The summed E-state index contributed by atoms with van der Waals surface area (Å²) in [6.45, 7) is 2.49. The average Bonchev–Trinajstić information content (AvgIpc) is 2.25. The molecule has 82 valence electrons. The fourth-order valence-electron chi connectivity index (χ4n) is 1.17. The number of hydrogen-bond donors (Lipinski definition) is 1. The van der Waals surface area contributed by atoms with Gasteiger partial charge in [0.05, 0.1) is 0 Å². The smallest absolute Gasteiger partial charge is 0.414 e. The van der Waals surface area contributed by atoms with Crippen molar-refractivity contribution >= 4 is 12.0 Å². The van der Waals surface area contributed by atoms with Gasteiger partial charge >= 0.3 is 6.09 Å². The van der Waals surface area contributed by atoms with E-state index in [1.54, 1.807) is 0 Å². The van der Waals surface area contributed by atoms with Gasteiger partial charge < -0.3 is 5.11 Å². The fourth-order valence-corrected chi connectivity index (χ4v) is 1.17. The number of hydrogen-bond acceptors (Lipinski definition) is 4. The Balaban J connectivity index is 2.62. The predicted molar refractivity (Wildman–Crippen MR) is 54.7 cm³/mol. The topological polar surface area (TPSA) is 79.2 Å². The second kappa shape index (κ2) is 5.90. The van der Waals surface area contributed by atoms with Gasteiger partial charge in [-0.25, -0.2) is 24.6 Å². The maximum atomic E-state index is 10.9. The molecule has 6 heteroatoms. The van der Waals surface area contributed by atoms with Crippen LogP contribution in [0, 0.1) is 0 Å². The summed E-state index contributed by atoms with van der Waals surface area (Å²) in [6.07, 6.45) is 4.40. The molecule has 1 rings (SSSR count). The molecular formula is C9H14N4O2. The molecule has 1 N–H and O–H groups in total. The van der Waals surface area contributed by atoms with E-state index in [1.807, 2.05) is 0 Å². The Morgan fingerprint density at radius 3 is 2.60 bits per heavy atom. The van der Waals surface area contributed by atoms with E-state index < -0.39 is 6.09 Å². The minimum atomic E-state index is -1.03. The summed E-state index contributed by atoms with van der Waals surface area (Å²) < 4.78 is 0. The maximum absolute atomic E-state index is 10.9. The standard InChI is InChI=1S/C9H14N4O2/c1-2-3-4-5-13(9(14)15)8-11-6-10-7-12-8/h6-7H,2-5H2,1H3,(H,14,15). The first-order valence-electron chi connectivity index (χ1n) is 4.88. The first-order chi connectivity index (χ1) is 7.25. The van der Waals surface area contributed by atoms with Gasteiger partial charge in [0.2, 0.25) is 5.95 Å². The number of nitrogens with zero attached hydrogens (tertiary/aromatic N) is 4. The monoisotopic (exact) mass is 210 g/mol. The lowest BCUT2D eigenvalue weighted by Gasteiger charge is -2.15. The Hall–Kier alpha value is -1.72. The van der Waals surface area contributed by atoms with Crippen molar-refractivity contribution in [3.8, 4) is 0 Å². The zero-order valence-electron chi connectivity index (χ0n) is 8.63. The Kier molecular flexibility index (Phi) is 4.46. The van der Waals surface area contributed by atoms with Gasteiger partial charge in [-0.05, 0) is 6.42 Å². The average molecular weight is 210 g/mol. The second-order valence-electron chi connectivity index (χ2n) is 3.08. The van der Waals surface area contributed by atoms with Crippen molar-refractivity contribution in [3.63, 3.8) is 0 Å². The molecule has 0 aliphatic heterocycles. The Bertz CT molecular complexity index is 304. The van der Waals surface area contributed by atoms with Crippen molar-refractivity contribution in [2.24, 2.45) is 0 Å². The van der Waals surface area contributed by atoms with Gasteiger partial charge in [0.15, 0.2) is 0 Å². The van der Waals surface area contributed by atoms with Gasteiger partial charge in [0, 0.05) is 6.54 Å². The van der Waals surface area contributed by atoms with E-state index in [9.17, 15) is 4.79 Å². The zero-order valence-corrected chi connectivity index (χ0v) is 8.63. The summed E-state index contributed by atoms with van der Waals surface area (Å²) in [7, 11) is 0. The predicted octanol–water partition coefficient (Wildman–Crippen LogP) is 1.55. The Morgan fingerprint density at radius 1 is 1.40 bits per heavy atom. The highest BCUT2D eigenvalue weighted by Gasteiger charge is 2.15. The Morgan fingerprint density at radius 2 is 2.07 bits per heavy atom. The quantitative estimate of drug-likeness (QED) is 0.746. The van der Waals surface area contributed by atoms with E-state index in [0.29, 0.717) is 6.54 Å². The third-order valence-electron chi connectivity index (χ3n) is 1.94. The lowest BCUT2D eigenvalue weighted by molar-refractivity contribution is 0.201. The molecule has 0 unspecified atom stereocenters. The number of anilines is 1. The molecule has 0 atom stereocenters. The van der Waals surface area contributed by atoms with Crippen molar-refractivity contribution in [2.45, 2.75) is 26.2 Å². The summed E-state index contributed by atoms with van der Waals surface area (Å²) in [4.78, 5) is 23.3. The van der Waals surface area contributed by atoms with Crippen LogP contribution in [-0.4, -0.2) is 32.7 Å². The number of rotatable bonds is 5. The van der Waals surface area contributed by atoms with Crippen LogP contribution in [0.5, 0.6) is 0 Å². The molecule has 1 heterocycles. The van der Waals surface area contributed by atoms with Crippen molar-refractivity contribution in [3.05, 3.63) is 12.7 Å². The molecule has 1 aromatic rings. The van der Waals surface area contributed by atoms with E-state index in [-0.39, 0.29) is 5.95 Å². The second-order valence-corrected chi connectivity index (χ2v) is 3.08. The van der Waals surface area contributed by atoms with Crippen molar-refractivity contribution < 1.29 is 9.90 Å². The van der Waals surface area contributed by atoms with Crippen LogP contribution in [0.15, 0.2) is 12.7 Å². The van der Waals surface area contributed by atoms with Crippen LogP contribution >= 0.6 is 0 Å². The van der Waals surface area contributed by atoms with E-state index >= 15 is 0 Å². The zero-order chi connectivity index (χ0) is 11.1. The third kappa shape index (κ3) is 3.49. The molecule has 0 radical (unpaired) electrons. The SMILES string of the molecule is CCCCCN(C(=O)O)c1ncncn1. The van der Waals surface area contributed by atoms with Crippen LogP contribution in [0.25, 0.3) is 0 Å². The molecule has 0 bridgehead atoms. The van der Waals surface area contributed by atoms with Crippen LogP contribution in [0.1, 0.15) is 26.2 Å². The van der Waals surface area contributed by atoms with Crippen LogP contribution < -0.4 is 4.90 Å². The van der Waals surface area contributed by atoms with E-state index in [2.05, 4.69) is 21.9 Å². The van der Waals surface area contributed by atoms with Crippen LogP contribution in [0.4, 0.5) is 10.7 Å². The van der Waals surface area contributed by atoms with E-state index in [1.165, 1.54) is 12.7 Å². The largest absolute Gasteiger partial charge is 0.465 e. The molecule has 1 amide bonds.